The lowest BCUT2D eigenvalue weighted by Crippen LogP contribution is -2.42. The van der Waals surface area contributed by atoms with E-state index in [1.54, 1.807) is 12.3 Å². The van der Waals surface area contributed by atoms with Gasteiger partial charge in [0.05, 0.1) is 29.0 Å². The summed E-state index contributed by atoms with van der Waals surface area (Å²) in [6, 6.07) is 9.43. The van der Waals surface area contributed by atoms with E-state index in [2.05, 4.69) is 32.1 Å². The Kier molecular flexibility index (Phi) is 4.94. The van der Waals surface area contributed by atoms with Crippen molar-refractivity contribution < 1.29 is 5.11 Å². The van der Waals surface area contributed by atoms with Gasteiger partial charge in [0.25, 0.3) is 0 Å². The lowest BCUT2D eigenvalue weighted by molar-refractivity contribution is 0.186. The van der Waals surface area contributed by atoms with E-state index >= 15 is 0 Å². The molecule has 0 spiro atoms. The highest BCUT2D eigenvalue weighted by Crippen LogP contribution is 2.32. The summed E-state index contributed by atoms with van der Waals surface area (Å²) in [4.78, 5) is 11.1. The average Bonchev–Trinajstić information content (AvgIpc) is 3.05. The number of hydrogen-bond donors (Lipinski definition) is 1. The van der Waals surface area contributed by atoms with Gasteiger partial charge in [-0.3, -0.25) is 4.98 Å². The number of aromatic nitrogens is 5. The van der Waals surface area contributed by atoms with Gasteiger partial charge in [0.1, 0.15) is 5.75 Å². The third kappa shape index (κ3) is 3.54. The molecule has 1 aliphatic rings. The fraction of sp³-hybridized carbons (Fsp3) is 0.238. The maximum atomic E-state index is 10.6. The van der Waals surface area contributed by atoms with Crippen LogP contribution in [0.25, 0.3) is 28.2 Å². The number of aryl methyl sites for hydroxylation is 1. The first-order chi connectivity index (χ1) is 13.6. The van der Waals surface area contributed by atoms with Gasteiger partial charge >= 0.3 is 0 Å². The third-order valence-electron chi connectivity index (χ3n) is 5.20. The van der Waals surface area contributed by atoms with Gasteiger partial charge in [-0.05, 0) is 38.2 Å². The Morgan fingerprint density at radius 3 is 2.55 bits per heavy atom. The molecule has 8 heteroatoms. The van der Waals surface area contributed by atoms with Gasteiger partial charge in [-0.1, -0.05) is 6.07 Å². The highest BCUT2D eigenvalue weighted by atomic mass is 35.5. The number of halogens is 1. The van der Waals surface area contributed by atoms with Crippen LogP contribution in [-0.2, 0) is 0 Å². The molecular formula is C21H21ClN6O. The van der Waals surface area contributed by atoms with E-state index in [0.717, 1.165) is 41.4 Å². The Hall–Kier alpha value is -3.03. The molecule has 148 valence electrons. The Morgan fingerprint density at radius 2 is 1.86 bits per heavy atom. The van der Waals surface area contributed by atoms with Gasteiger partial charge in [-0.2, -0.15) is 10.2 Å². The highest BCUT2D eigenvalue weighted by molar-refractivity contribution is 5.85. The van der Waals surface area contributed by atoms with E-state index in [-0.39, 0.29) is 18.2 Å². The maximum Gasteiger partial charge on any atom is 0.155 e. The van der Waals surface area contributed by atoms with Crippen LogP contribution in [0.3, 0.4) is 0 Å². The number of likely N-dealkylation sites (N-methyl/N-ethyl adjacent to an activating group) is 1. The lowest BCUT2D eigenvalue weighted by Gasteiger charge is -2.35. The first kappa shape index (κ1) is 19.3. The standard InChI is InChI=1S/C21H20N6O.ClH/c1-13-9-27-12-19(22-8-21(27)23-13)14-3-4-16(20(28)7-14)18-6-5-17(24-25-18)15-10-26(2)11-15;/h3-9,12,15,28H,10-11H2,1-2H3;1H. The molecule has 4 aromatic rings. The molecule has 0 aliphatic carbocycles. The number of likely N-dealkylation sites (tertiary alicyclic amines) is 1. The molecule has 0 radical (unpaired) electrons. The Balaban J connectivity index is 0.00000205. The van der Waals surface area contributed by atoms with Crippen molar-refractivity contribution >= 4 is 18.1 Å². The molecule has 4 heterocycles. The van der Waals surface area contributed by atoms with Crippen LogP contribution in [0.15, 0.2) is 48.9 Å². The van der Waals surface area contributed by atoms with Crippen LogP contribution >= 0.6 is 12.4 Å². The van der Waals surface area contributed by atoms with E-state index in [1.807, 2.05) is 48.0 Å². The Morgan fingerprint density at radius 1 is 1.03 bits per heavy atom. The molecule has 0 amide bonds. The van der Waals surface area contributed by atoms with Gasteiger partial charge in [-0.15, -0.1) is 12.4 Å². The number of imidazole rings is 1. The van der Waals surface area contributed by atoms with Crippen molar-refractivity contribution in [3.8, 4) is 28.3 Å². The fourth-order valence-corrected chi connectivity index (χ4v) is 3.67. The molecular weight excluding hydrogens is 388 g/mol. The molecule has 5 rings (SSSR count). The van der Waals surface area contributed by atoms with Gasteiger partial charge in [0, 0.05) is 42.5 Å². The van der Waals surface area contributed by atoms with Crippen molar-refractivity contribution in [2.45, 2.75) is 12.8 Å². The topological polar surface area (TPSA) is 79.4 Å². The zero-order valence-electron chi connectivity index (χ0n) is 16.1. The van der Waals surface area contributed by atoms with Crippen LogP contribution in [0, 0.1) is 6.92 Å². The summed E-state index contributed by atoms with van der Waals surface area (Å²) < 4.78 is 1.94. The minimum atomic E-state index is 0. The number of phenolic OH excluding ortho intramolecular Hbond substituents is 1. The molecule has 0 atom stereocenters. The smallest absolute Gasteiger partial charge is 0.155 e. The van der Waals surface area contributed by atoms with Crippen LogP contribution in [0.1, 0.15) is 17.3 Å². The quantitative estimate of drug-likeness (QED) is 0.560. The zero-order chi connectivity index (χ0) is 19.3. The highest BCUT2D eigenvalue weighted by Gasteiger charge is 2.26. The van der Waals surface area contributed by atoms with E-state index < -0.39 is 0 Å². The predicted octanol–water partition coefficient (Wildman–Crippen LogP) is 3.32. The molecule has 0 bridgehead atoms. The summed E-state index contributed by atoms with van der Waals surface area (Å²) in [5.41, 5.74) is 5.66. The minimum Gasteiger partial charge on any atom is -0.507 e. The van der Waals surface area contributed by atoms with E-state index in [1.165, 1.54) is 0 Å². The summed E-state index contributed by atoms with van der Waals surface area (Å²) in [5.74, 6) is 0.613. The number of rotatable bonds is 3. The largest absolute Gasteiger partial charge is 0.507 e. The summed E-state index contributed by atoms with van der Waals surface area (Å²) in [6.45, 7) is 3.98. The van der Waals surface area contributed by atoms with Gasteiger partial charge in [0.15, 0.2) is 5.65 Å². The molecule has 3 aromatic heterocycles. The molecule has 1 aliphatic heterocycles. The number of fused-ring (bicyclic) bond motifs is 1. The monoisotopic (exact) mass is 408 g/mol. The summed E-state index contributed by atoms with van der Waals surface area (Å²) in [7, 11) is 2.10. The van der Waals surface area contributed by atoms with Crippen LogP contribution in [0.5, 0.6) is 5.75 Å². The molecule has 1 saturated heterocycles. The molecule has 1 aromatic carbocycles. The van der Waals surface area contributed by atoms with Crippen molar-refractivity contribution in [2.75, 3.05) is 20.1 Å². The Labute approximate surface area is 174 Å². The van der Waals surface area contributed by atoms with Crippen LogP contribution in [0.2, 0.25) is 0 Å². The van der Waals surface area contributed by atoms with E-state index in [9.17, 15) is 5.11 Å². The second-order valence-corrected chi connectivity index (χ2v) is 7.41. The number of benzene rings is 1. The number of nitrogens with zero attached hydrogens (tertiary/aromatic N) is 6. The van der Waals surface area contributed by atoms with Crippen LogP contribution < -0.4 is 0 Å². The molecule has 0 saturated carbocycles. The summed E-state index contributed by atoms with van der Waals surface area (Å²) >= 11 is 0. The van der Waals surface area contributed by atoms with Crippen molar-refractivity contribution in [1.29, 1.82) is 0 Å². The van der Waals surface area contributed by atoms with E-state index in [0.29, 0.717) is 17.2 Å². The van der Waals surface area contributed by atoms with Gasteiger partial charge in [-0.25, -0.2) is 4.98 Å². The number of phenols is 1. The van der Waals surface area contributed by atoms with Crippen molar-refractivity contribution in [3.63, 3.8) is 0 Å². The van der Waals surface area contributed by atoms with Crippen LogP contribution in [-0.4, -0.2) is 54.7 Å². The first-order valence-corrected chi connectivity index (χ1v) is 9.24. The number of aromatic hydroxyl groups is 1. The van der Waals surface area contributed by atoms with Crippen LogP contribution in [0.4, 0.5) is 0 Å². The Bertz CT molecular complexity index is 1170. The zero-order valence-corrected chi connectivity index (χ0v) is 17.0. The van der Waals surface area contributed by atoms with Gasteiger partial charge < -0.3 is 14.4 Å². The predicted molar refractivity (Wildman–Crippen MR) is 113 cm³/mol. The normalized spacial score (nSPS) is 14.6. The van der Waals surface area contributed by atoms with Gasteiger partial charge in [0.2, 0.25) is 0 Å². The average molecular weight is 409 g/mol. The van der Waals surface area contributed by atoms with Crippen molar-refractivity contribution in [3.05, 3.63) is 60.3 Å². The third-order valence-corrected chi connectivity index (χ3v) is 5.20. The molecule has 1 fully saturated rings. The van der Waals surface area contributed by atoms with Crippen molar-refractivity contribution in [1.82, 2.24) is 29.5 Å². The first-order valence-electron chi connectivity index (χ1n) is 9.24. The van der Waals surface area contributed by atoms with E-state index in [4.69, 9.17) is 0 Å². The fourth-order valence-electron chi connectivity index (χ4n) is 3.67. The maximum absolute atomic E-state index is 10.6. The molecule has 1 N–H and O–H groups in total. The number of hydrogen-bond acceptors (Lipinski definition) is 6. The second kappa shape index (κ2) is 7.42. The minimum absolute atomic E-state index is 0. The van der Waals surface area contributed by atoms with Crippen molar-refractivity contribution in [2.24, 2.45) is 0 Å². The summed E-state index contributed by atoms with van der Waals surface area (Å²) in [5, 5.41) is 19.3. The second-order valence-electron chi connectivity index (χ2n) is 7.41. The SMILES string of the molecule is Cc1cn2cc(-c3ccc(-c4ccc(C5CN(C)C5)nn4)c(O)c3)ncc2n1.Cl. The molecule has 7 nitrogen and oxygen atoms in total. The summed E-state index contributed by atoms with van der Waals surface area (Å²) in [6.07, 6.45) is 5.59. The lowest BCUT2D eigenvalue weighted by atomic mass is 9.96. The molecule has 0 unspecified atom stereocenters. The molecule has 29 heavy (non-hydrogen) atoms.